The smallest absolute Gasteiger partial charge is 0.221 e. The Balaban J connectivity index is 1.97. The molecule has 2 aromatic carbocycles. The van der Waals surface area contributed by atoms with E-state index in [1.807, 2.05) is 18.2 Å². The first-order valence-corrected chi connectivity index (χ1v) is 6.65. The van der Waals surface area contributed by atoms with Gasteiger partial charge in [-0.15, -0.1) is 0 Å². The van der Waals surface area contributed by atoms with Gasteiger partial charge < -0.3 is 5.32 Å². The Bertz CT molecular complexity index is 591. The molecule has 19 heavy (non-hydrogen) atoms. The quantitative estimate of drug-likeness (QED) is 0.871. The van der Waals surface area contributed by atoms with Crippen molar-refractivity contribution < 1.29 is 4.79 Å². The van der Waals surface area contributed by atoms with Crippen molar-refractivity contribution in [1.82, 2.24) is 5.32 Å². The molecule has 1 fully saturated rings. The number of benzene rings is 2. The van der Waals surface area contributed by atoms with E-state index in [1.165, 1.54) is 16.7 Å². The molecule has 0 spiro atoms. The number of carbonyl (C=O) groups is 1. The van der Waals surface area contributed by atoms with Crippen molar-refractivity contribution in [1.29, 1.82) is 0 Å². The maximum atomic E-state index is 11.8. The molecule has 2 aromatic rings. The Labute approximate surface area is 113 Å². The van der Waals surface area contributed by atoms with Crippen LogP contribution in [0, 0.1) is 6.92 Å². The molecular weight excluding hydrogens is 234 g/mol. The van der Waals surface area contributed by atoms with Crippen LogP contribution in [0.2, 0.25) is 0 Å². The first-order chi connectivity index (χ1) is 9.24. The van der Waals surface area contributed by atoms with E-state index in [-0.39, 0.29) is 17.9 Å². The maximum absolute atomic E-state index is 11.8. The molecule has 2 unspecified atom stereocenters. The van der Waals surface area contributed by atoms with Crippen molar-refractivity contribution in [2.24, 2.45) is 0 Å². The minimum atomic E-state index is 0.0931. The monoisotopic (exact) mass is 251 g/mol. The highest BCUT2D eigenvalue weighted by Crippen LogP contribution is 2.38. The molecule has 1 saturated heterocycles. The zero-order valence-electron chi connectivity index (χ0n) is 11.0. The van der Waals surface area contributed by atoms with Crippen LogP contribution in [0.4, 0.5) is 0 Å². The predicted octanol–water partition coefficient (Wildman–Crippen LogP) is 3.34. The van der Waals surface area contributed by atoms with Crippen molar-refractivity contribution in [3.8, 4) is 0 Å². The molecule has 0 saturated carbocycles. The van der Waals surface area contributed by atoms with Gasteiger partial charge in [0.2, 0.25) is 5.91 Å². The van der Waals surface area contributed by atoms with E-state index in [0.29, 0.717) is 6.42 Å². The second-order valence-electron chi connectivity index (χ2n) is 5.18. The van der Waals surface area contributed by atoms with Crippen LogP contribution >= 0.6 is 0 Å². The van der Waals surface area contributed by atoms with E-state index in [1.54, 1.807) is 0 Å². The van der Waals surface area contributed by atoms with Gasteiger partial charge in [0.25, 0.3) is 0 Å². The number of aryl methyl sites for hydroxylation is 1. The van der Waals surface area contributed by atoms with E-state index >= 15 is 0 Å². The van der Waals surface area contributed by atoms with E-state index in [2.05, 4.69) is 48.6 Å². The van der Waals surface area contributed by atoms with Gasteiger partial charge in [-0.05, 0) is 18.1 Å². The molecule has 3 rings (SSSR count). The van der Waals surface area contributed by atoms with E-state index < -0.39 is 0 Å². The summed E-state index contributed by atoms with van der Waals surface area (Å²) in [6.07, 6.45) is 0.572. The van der Waals surface area contributed by atoms with Gasteiger partial charge in [-0.25, -0.2) is 0 Å². The average Bonchev–Trinajstić information content (AvgIpc) is 2.82. The Morgan fingerprint density at radius 1 is 1.00 bits per heavy atom. The minimum Gasteiger partial charge on any atom is -0.349 e. The molecule has 1 aliphatic rings. The summed E-state index contributed by atoms with van der Waals surface area (Å²) in [7, 11) is 0. The molecule has 1 aliphatic heterocycles. The SMILES string of the molecule is Cc1cccc(C2CC(=O)NC2c2ccccc2)c1. The van der Waals surface area contributed by atoms with E-state index in [9.17, 15) is 4.79 Å². The Kier molecular flexibility index (Phi) is 3.08. The zero-order valence-corrected chi connectivity index (χ0v) is 11.0. The molecule has 2 nitrogen and oxygen atoms in total. The standard InChI is InChI=1S/C17H17NO/c1-12-6-5-9-14(10-12)15-11-16(19)18-17(15)13-7-3-2-4-8-13/h2-10,15,17H,11H2,1H3,(H,18,19). The molecule has 0 bridgehead atoms. The molecule has 1 N–H and O–H groups in total. The van der Waals surface area contributed by atoms with Gasteiger partial charge in [-0.1, -0.05) is 60.2 Å². The fourth-order valence-electron chi connectivity index (χ4n) is 2.84. The summed E-state index contributed by atoms with van der Waals surface area (Å²) in [5, 5.41) is 3.10. The minimum absolute atomic E-state index is 0.0931. The number of nitrogens with one attached hydrogen (secondary N) is 1. The Morgan fingerprint density at radius 2 is 1.74 bits per heavy atom. The van der Waals surface area contributed by atoms with Gasteiger partial charge in [0, 0.05) is 12.3 Å². The fraction of sp³-hybridized carbons (Fsp3) is 0.235. The number of rotatable bonds is 2. The largest absolute Gasteiger partial charge is 0.349 e. The molecular formula is C17H17NO. The number of hydrogen-bond acceptors (Lipinski definition) is 1. The maximum Gasteiger partial charge on any atom is 0.221 e. The van der Waals surface area contributed by atoms with Gasteiger partial charge in [0.1, 0.15) is 0 Å². The van der Waals surface area contributed by atoms with E-state index in [4.69, 9.17) is 0 Å². The zero-order chi connectivity index (χ0) is 13.2. The van der Waals surface area contributed by atoms with Gasteiger partial charge >= 0.3 is 0 Å². The van der Waals surface area contributed by atoms with Crippen LogP contribution in [0.25, 0.3) is 0 Å². The van der Waals surface area contributed by atoms with E-state index in [0.717, 1.165) is 0 Å². The van der Waals surface area contributed by atoms with Crippen LogP contribution in [-0.4, -0.2) is 5.91 Å². The highest BCUT2D eigenvalue weighted by molar-refractivity contribution is 5.80. The lowest BCUT2D eigenvalue weighted by Gasteiger charge is -2.20. The summed E-state index contributed by atoms with van der Waals surface area (Å²) in [5.74, 6) is 0.371. The van der Waals surface area contributed by atoms with Crippen molar-refractivity contribution >= 4 is 5.91 Å². The highest BCUT2D eigenvalue weighted by atomic mass is 16.2. The summed E-state index contributed by atoms with van der Waals surface area (Å²) in [4.78, 5) is 11.8. The molecule has 1 heterocycles. The second-order valence-corrected chi connectivity index (χ2v) is 5.18. The van der Waals surface area contributed by atoms with Gasteiger partial charge in [-0.3, -0.25) is 4.79 Å². The van der Waals surface area contributed by atoms with Gasteiger partial charge in [-0.2, -0.15) is 0 Å². The third kappa shape index (κ3) is 2.39. The predicted molar refractivity (Wildman–Crippen MR) is 75.9 cm³/mol. The summed E-state index contributed by atoms with van der Waals surface area (Å²) < 4.78 is 0. The highest BCUT2D eigenvalue weighted by Gasteiger charge is 2.34. The van der Waals surface area contributed by atoms with Gasteiger partial charge in [0.05, 0.1) is 6.04 Å². The summed E-state index contributed by atoms with van der Waals surface area (Å²) in [5.41, 5.74) is 3.66. The molecule has 0 aromatic heterocycles. The van der Waals surface area contributed by atoms with Crippen molar-refractivity contribution in [3.05, 3.63) is 71.3 Å². The Hall–Kier alpha value is -2.09. The van der Waals surface area contributed by atoms with Crippen LogP contribution in [0.5, 0.6) is 0 Å². The molecule has 2 heteroatoms. The van der Waals surface area contributed by atoms with Crippen LogP contribution in [0.1, 0.15) is 35.1 Å². The summed E-state index contributed by atoms with van der Waals surface area (Å²) in [6.45, 7) is 2.09. The van der Waals surface area contributed by atoms with Crippen molar-refractivity contribution in [2.75, 3.05) is 0 Å². The summed E-state index contributed by atoms with van der Waals surface area (Å²) in [6, 6.07) is 18.8. The lowest BCUT2D eigenvalue weighted by atomic mass is 9.87. The molecule has 0 aliphatic carbocycles. The number of amides is 1. The molecule has 1 amide bonds. The third-order valence-electron chi connectivity index (χ3n) is 3.75. The molecule has 0 radical (unpaired) electrons. The third-order valence-corrected chi connectivity index (χ3v) is 3.75. The van der Waals surface area contributed by atoms with Crippen LogP contribution in [0.3, 0.4) is 0 Å². The average molecular weight is 251 g/mol. The van der Waals surface area contributed by atoms with Crippen molar-refractivity contribution in [2.45, 2.75) is 25.3 Å². The fourth-order valence-corrected chi connectivity index (χ4v) is 2.84. The van der Waals surface area contributed by atoms with Gasteiger partial charge in [0.15, 0.2) is 0 Å². The molecule has 2 atom stereocenters. The molecule has 96 valence electrons. The lowest BCUT2D eigenvalue weighted by molar-refractivity contribution is -0.119. The van der Waals surface area contributed by atoms with Crippen LogP contribution in [-0.2, 0) is 4.79 Å². The first kappa shape index (κ1) is 12.0. The first-order valence-electron chi connectivity index (χ1n) is 6.65. The Morgan fingerprint density at radius 3 is 2.47 bits per heavy atom. The lowest BCUT2D eigenvalue weighted by Crippen LogP contribution is -2.20. The number of carbonyl (C=O) groups excluding carboxylic acids is 1. The topological polar surface area (TPSA) is 29.1 Å². The van der Waals surface area contributed by atoms with Crippen molar-refractivity contribution in [3.63, 3.8) is 0 Å². The van der Waals surface area contributed by atoms with Crippen LogP contribution < -0.4 is 5.32 Å². The normalized spacial score (nSPS) is 22.3. The second kappa shape index (κ2) is 4.88. The summed E-state index contributed by atoms with van der Waals surface area (Å²) >= 11 is 0. The van der Waals surface area contributed by atoms with Crippen LogP contribution in [0.15, 0.2) is 54.6 Å². The number of hydrogen-bond donors (Lipinski definition) is 1.